The van der Waals surface area contributed by atoms with Gasteiger partial charge in [-0.1, -0.05) is 13.3 Å². The summed E-state index contributed by atoms with van der Waals surface area (Å²) >= 11 is 0. The van der Waals surface area contributed by atoms with Crippen molar-refractivity contribution in [3.8, 4) is 0 Å². The molecule has 1 aromatic rings. The number of rotatable bonds is 4. The lowest BCUT2D eigenvalue weighted by Gasteiger charge is -2.09. The molecular formula is C8H16N6. The largest absolute Gasteiger partial charge is 0.368 e. The first kappa shape index (κ1) is 10.6. The molecule has 5 N–H and O–H groups in total. The molecule has 0 spiro atoms. The lowest BCUT2D eigenvalue weighted by atomic mass is 10.2. The average Bonchev–Trinajstić information content (AvgIpc) is 2.17. The van der Waals surface area contributed by atoms with Crippen LogP contribution in [-0.2, 0) is 0 Å². The summed E-state index contributed by atoms with van der Waals surface area (Å²) in [4.78, 5) is 12.0. The van der Waals surface area contributed by atoms with E-state index in [0.717, 1.165) is 12.8 Å². The molecule has 14 heavy (non-hydrogen) atoms. The quantitative estimate of drug-likeness (QED) is 0.639. The van der Waals surface area contributed by atoms with Crippen molar-refractivity contribution in [2.75, 3.05) is 18.1 Å². The zero-order valence-corrected chi connectivity index (χ0v) is 8.49. The number of nitrogens with two attached hydrogens (primary N) is 2. The van der Waals surface area contributed by atoms with Gasteiger partial charge < -0.3 is 16.8 Å². The van der Waals surface area contributed by atoms with Crippen LogP contribution in [0, 0.1) is 0 Å². The second-order valence-electron chi connectivity index (χ2n) is 3.02. The molecule has 1 rings (SSSR count). The Kier molecular flexibility index (Phi) is 3.58. The maximum absolute atomic E-state index is 5.86. The van der Waals surface area contributed by atoms with Crippen LogP contribution in [0.5, 0.6) is 0 Å². The van der Waals surface area contributed by atoms with Crippen molar-refractivity contribution in [2.45, 2.75) is 25.8 Å². The highest BCUT2D eigenvalue weighted by atomic mass is 15.2. The van der Waals surface area contributed by atoms with E-state index in [2.05, 4.69) is 27.2 Å². The second-order valence-corrected chi connectivity index (χ2v) is 3.02. The van der Waals surface area contributed by atoms with Gasteiger partial charge in [-0.2, -0.15) is 15.0 Å². The first-order valence-corrected chi connectivity index (χ1v) is 4.62. The van der Waals surface area contributed by atoms with Gasteiger partial charge in [-0.15, -0.1) is 0 Å². The van der Waals surface area contributed by atoms with E-state index in [1.165, 1.54) is 0 Å². The Labute approximate surface area is 83.1 Å². The second kappa shape index (κ2) is 4.71. The van der Waals surface area contributed by atoms with Crippen molar-refractivity contribution in [3.63, 3.8) is 0 Å². The monoisotopic (exact) mass is 196 g/mol. The van der Waals surface area contributed by atoms with E-state index in [0.29, 0.717) is 11.8 Å². The molecule has 1 atom stereocenters. The van der Waals surface area contributed by atoms with Crippen LogP contribution in [-0.4, -0.2) is 22.0 Å². The average molecular weight is 196 g/mol. The minimum absolute atomic E-state index is 0.169. The van der Waals surface area contributed by atoms with E-state index in [9.17, 15) is 0 Å². The molecule has 78 valence electrons. The summed E-state index contributed by atoms with van der Waals surface area (Å²) in [6, 6.07) is -0.169. The minimum atomic E-state index is -0.169. The van der Waals surface area contributed by atoms with Gasteiger partial charge in [-0.05, 0) is 6.42 Å². The summed E-state index contributed by atoms with van der Waals surface area (Å²) in [6.07, 6.45) is 1.83. The Morgan fingerprint density at radius 1 is 1.36 bits per heavy atom. The van der Waals surface area contributed by atoms with E-state index in [1.807, 2.05) is 0 Å². The molecule has 0 saturated heterocycles. The summed E-state index contributed by atoms with van der Waals surface area (Å²) in [7, 11) is 1.73. The fraction of sp³-hybridized carbons (Fsp3) is 0.625. The molecule has 6 nitrogen and oxygen atoms in total. The van der Waals surface area contributed by atoms with Crippen LogP contribution < -0.4 is 16.8 Å². The molecule has 1 heterocycles. The van der Waals surface area contributed by atoms with Crippen LogP contribution >= 0.6 is 0 Å². The Morgan fingerprint density at radius 3 is 2.64 bits per heavy atom. The van der Waals surface area contributed by atoms with Gasteiger partial charge in [0.1, 0.15) is 0 Å². The molecule has 0 aromatic carbocycles. The minimum Gasteiger partial charge on any atom is -0.368 e. The molecular weight excluding hydrogens is 180 g/mol. The third-order valence-corrected chi connectivity index (χ3v) is 1.82. The Morgan fingerprint density at radius 2 is 2.07 bits per heavy atom. The van der Waals surface area contributed by atoms with Crippen molar-refractivity contribution in [1.82, 2.24) is 15.0 Å². The summed E-state index contributed by atoms with van der Waals surface area (Å²) in [6.45, 7) is 2.06. The standard InChI is InChI=1S/C8H16N6/c1-3-4-5(9)6-12-7(10)14-8(11-2)13-6/h5H,3-4,9H2,1-2H3,(H3,10,11,12,13,14). The Hall–Kier alpha value is -1.43. The maximum atomic E-state index is 5.86. The number of hydrogen-bond acceptors (Lipinski definition) is 6. The Bertz CT molecular complexity index is 300. The van der Waals surface area contributed by atoms with Crippen LogP contribution in [0.1, 0.15) is 31.6 Å². The van der Waals surface area contributed by atoms with Gasteiger partial charge in [-0.25, -0.2) is 0 Å². The first-order chi connectivity index (χ1) is 6.67. The van der Waals surface area contributed by atoms with Crippen LogP contribution in [0.2, 0.25) is 0 Å². The van der Waals surface area contributed by atoms with Crippen molar-refractivity contribution < 1.29 is 0 Å². The number of nitrogen functional groups attached to an aromatic ring is 1. The molecule has 0 aliphatic rings. The smallest absolute Gasteiger partial charge is 0.227 e. The number of nitrogens with one attached hydrogen (secondary N) is 1. The normalized spacial score (nSPS) is 12.5. The van der Waals surface area contributed by atoms with Crippen molar-refractivity contribution in [1.29, 1.82) is 0 Å². The first-order valence-electron chi connectivity index (χ1n) is 4.62. The zero-order chi connectivity index (χ0) is 10.6. The lowest BCUT2D eigenvalue weighted by molar-refractivity contribution is 0.600. The van der Waals surface area contributed by atoms with E-state index in [4.69, 9.17) is 11.5 Å². The highest BCUT2D eigenvalue weighted by Crippen LogP contribution is 2.13. The Balaban J connectivity index is 2.90. The third kappa shape index (κ3) is 2.53. The van der Waals surface area contributed by atoms with Gasteiger partial charge in [0, 0.05) is 7.05 Å². The molecule has 0 fully saturated rings. The summed E-state index contributed by atoms with van der Waals surface area (Å²) < 4.78 is 0. The van der Waals surface area contributed by atoms with Gasteiger partial charge >= 0.3 is 0 Å². The molecule has 6 heteroatoms. The molecule has 0 aliphatic carbocycles. The SMILES string of the molecule is CCCC(N)c1nc(N)nc(NC)n1. The van der Waals surface area contributed by atoms with Crippen molar-refractivity contribution >= 4 is 11.9 Å². The van der Waals surface area contributed by atoms with E-state index in [-0.39, 0.29) is 12.0 Å². The van der Waals surface area contributed by atoms with Crippen LogP contribution in [0.25, 0.3) is 0 Å². The predicted molar refractivity (Wildman–Crippen MR) is 55.6 cm³/mol. The van der Waals surface area contributed by atoms with E-state index >= 15 is 0 Å². The molecule has 0 radical (unpaired) electrons. The highest BCUT2D eigenvalue weighted by molar-refractivity contribution is 5.30. The van der Waals surface area contributed by atoms with Crippen LogP contribution in [0.3, 0.4) is 0 Å². The molecule has 1 aromatic heterocycles. The number of aromatic nitrogens is 3. The van der Waals surface area contributed by atoms with Gasteiger partial charge in [0.05, 0.1) is 6.04 Å². The maximum Gasteiger partial charge on any atom is 0.227 e. The molecule has 0 bridgehead atoms. The topological polar surface area (TPSA) is 103 Å². The zero-order valence-electron chi connectivity index (χ0n) is 8.49. The number of hydrogen-bond donors (Lipinski definition) is 3. The fourth-order valence-electron chi connectivity index (χ4n) is 1.13. The molecule has 0 aliphatic heterocycles. The van der Waals surface area contributed by atoms with Crippen molar-refractivity contribution in [2.24, 2.45) is 5.73 Å². The molecule has 0 amide bonds. The summed E-state index contributed by atoms with van der Waals surface area (Å²) in [5.41, 5.74) is 11.4. The van der Waals surface area contributed by atoms with Crippen LogP contribution in [0.4, 0.5) is 11.9 Å². The van der Waals surface area contributed by atoms with Crippen LogP contribution in [0.15, 0.2) is 0 Å². The summed E-state index contributed by atoms with van der Waals surface area (Å²) in [5, 5.41) is 2.81. The van der Waals surface area contributed by atoms with Gasteiger partial charge in [0.15, 0.2) is 5.82 Å². The van der Waals surface area contributed by atoms with Gasteiger partial charge in [-0.3, -0.25) is 0 Å². The number of anilines is 2. The van der Waals surface area contributed by atoms with Crippen molar-refractivity contribution in [3.05, 3.63) is 5.82 Å². The summed E-state index contributed by atoms with van der Waals surface area (Å²) in [5.74, 6) is 1.20. The van der Waals surface area contributed by atoms with E-state index in [1.54, 1.807) is 7.05 Å². The molecule has 0 saturated carbocycles. The van der Waals surface area contributed by atoms with Gasteiger partial charge in [0.25, 0.3) is 0 Å². The van der Waals surface area contributed by atoms with E-state index < -0.39 is 0 Å². The predicted octanol–water partition coefficient (Wildman–Crippen LogP) is 0.295. The lowest BCUT2D eigenvalue weighted by Crippen LogP contribution is -2.16. The molecule has 1 unspecified atom stereocenters. The third-order valence-electron chi connectivity index (χ3n) is 1.82. The highest BCUT2D eigenvalue weighted by Gasteiger charge is 2.10. The van der Waals surface area contributed by atoms with Gasteiger partial charge in [0.2, 0.25) is 11.9 Å². The fourth-order valence-corrected chi connectivity index (χ4v) is 1.13. The number of nitrogens with zero attached hydrogens (tertiary/aromatic N) is 3.